The number of aryl methyl sites for hydroxylation is 1. The number of primary amides is 1. The Labute approximate surface area is 234 Å². The van der Waals surface area contributed by atoms with E-state index in [0.717, 1.165) is 11.8 Å². The molecule has 0 fully saturated rings. The first-order chi connectivity index (χ1) is 19.4. The number of fused-ring (bicyclic) bond motifs is 1. The molecule has 0 bridgehead atoms. The number of nitrogens with zero attached hydrogens (tertiary/aromatic N) is 5. The van der Waals surface area contributed by atoms with Gasteiger partial charge in [-0.3, -0.25) is 9.59 Å². The second-order valence-electron chi connectivity index (χ2n) is 11.2. The number of nitrogens with two attached hydrogens (primary N) is 1. The fourth-order valence-corrected chi connectivity index (χ4v) is 5.40. The number of hydrogen-bond donors (Lipinski definition) is 2. The number of halogens is 2. The minimum Gasteiger partial charge on any atom is -0.493 e. The predicted octanol–water partition coefficient (Wildman–Crippen LogP) is 3.66. The van der Waals surface area contributed by atoms with Crippen LogP contribution in [-0.2, 0) is 18.6 Å². The van der Waals surface area contributed by atoms with Gasteiger partial charge in [0.05, 0.1) is 41.4 Å². The molecule has 5 rings (SSSR count). The Morgan fingerprint density at radius 2 is 1.98 bits per heavy atom. The number of carbonyl (C=O) groups is 2. The summed E-state index contributed by atoms with van der Waals surface area (Å²) in [5, 5.41) is 20.2. The van der Waals surface area contributed by atoms with E-state index in [1.54, 1.807) is 23.7 Å². The molecule has 10 nitrogen and oxygen atoms in total. The van der Waals surface area contributed by atoms with Crippen molar-refractivity contribution >= 4 is 11.7 Å². The lowest BCUT2D eigenvalue weighted by atomic mass is 9.75. The lowest BCUT2D eigenvalue weighted by Crippen LogP contribution is -2.35. The molecule has 2 aromatic carbocycles. The van der Waals surface area contributed by atoms with Crippen LogP contribution in [0.4, 0.5) is 8.78 Å². The van der Waals surface area contributed by atoms with Crippen LogP contribution >= 0.6 is 0 Å². The van der Waals surface area contributed by atoms with Crippen molar-refractivity contribution in [1.82, 2.24) is 24.5 Å². The topological polar surface area (TPSA) is 138 Å². The Kier molecular flexibility index (Phi) is 7.20. The quantitative estimate of drug-likeness (QED) is 0.316. The zero-order chi connectivity index (χ0) is 29.5. The maximum absolute atomic E-state index is 14.8. The molecular weight excluding hydrogens is 534 g/mol. The van der Waals surface area contributed by atoms with Crippen molar-refractivity contribution in [2.75, 3.05) is 6.61 Å². The summed E-state index contributed by atoms with van der Waals surface area (Å²) in [6, 6.07) is 7.68. The average molecular weight is 565 g/mol. The van der Waals surface area contributed by atoms with Gasteiger partial charge < -0.3 is 15.6 Å². The lowest BCUT2D eigenvalue weighted by molar-refractivity contribution is -0.00796. The number of Topliss-reactive ketones (excluding diaryl/α,β-unsaturated/α-hetero) is 1. The van der Waals surface area contributed by atoms with Gasteiger partial charge in [-0.15, -0.1) is 0 Å². The van der Waals surface area contributed by atoms with Gasteiger partial charge in [0.2, 0.25) is 0 Å². The summed E-state index contributed by atoms with van der Waals surface area (Å²) >= 11 is 0. The first-order valence-corrected chi connectivity index (χ1v) is 13.1. The number of ether oxygens (including phenoxy) is 1. The molecule has 1 aliphatic carbocycles. The number of rotatable bonds is 9. The monoisotopic (exact) mass is 564 g/mol. The smallest absolute Gasteiger partial charge is 0.252 e. The maximum atomic E-state index is 14.8. The summed E-state index contributed by atoms with van der Waals surface area (Å²) in [7, 11) is 0. The van der Waals surface area contributed by atoms with E-state index in [9.17, 15) is 23.5 Å². The van der Waals surface area contributed by atoms with Crippen molar-refractivity contribution in [3.63, 3.8) is 0 Å². The van der Waals surface area contributed by atoms with Crippen LogP contribution in [0.3, 0.4) is 0 Å². The third-order valence-electron chi connectivity index (χ3n) is 7.29. The SMILES string of the molecule is Cc1nn(-c2ccc(C(N)=O)c(OCCC(O)(Cn3cncn3)c3ccc(F)cc3F)c2)c2c1C(=O)CC(C)(C)C2. The Hall–Kier alpha value is -4.45. The molecule has 1 atom stereocenters. The van der Waals surface area contributed by atoms with E-state index in [-0.39, 0.29) is 47.6 Å². The highest BCUT2D eigenvalue weighted by atomic mass is 19.1. The largest absolute Gasteiger partial charge is 0.493 e. The van der Waals surface area contributed by atoms with Crippen molar-refractivity contribution in [2.24, 2.45) is 11.1 Å². The van der Waals surface area contributed by atoms with Gasteiger partial charge in [-0.2, -0.15) is 10.2 Å². The van der Waals surface area contributed by atoms with E-state index in [1.807, 2.05) is 13.8 Å². The average Bonchev–Trinajstić information content (AvgIpc) is 3.50. The second-order valence-corrected chi connectivity index (χ2v) is 11.2. The highest BCUT2D eigenvalue weighted by Gasteiger charge is 2.36. The molecule has 3 N–H and O–H groups in total. The molecule has 1 unspecified atom stereocenters. The van der Waals surface area contributed by atoms with Crippen LogP contribution in [0.2, 0.25) is 0 Å². The van der Waals surface area contributed by atoms with Crippen LogP contribution in [0.5, 0.6) is 5.75 Å². The van der Waals surface area contributed by atoms with Crippen LogP contribution in [0.1, 0.15) is 64.4 Å². The fourth-order valence-electron chi connectivity index (χ4n) is 5.40. The number of aromatic nitrogens is 5. The zero-order valence-electron chi connectivity index (χ0n) is 22.9. The van der Waals surface area contributed by atoms with Crippen molar-refractivity contribution in [2.45, 2.75) is 52.2 Å². The summed E-state index contributed by atoms with van der Waals surface area (Å²) in [4.78, 5) is 28.9. The highest BCUT2D eigenvalue weighted by Crippen LogP contribution is 2.38. The van der Waals surface area contributed by atoms with Crippen molar-refractivity contribution in [3.05, 3.63) is 88.8 Å². The third-order valence-corrected chi connectivity index (χ3v) is 7.29. The maximum Gasteiger partial charge on any atom is 0.252 e. The molecule has 214 valence electrons. The van der Waals surface area contributed by atoms with E-state index < -0.39 is 23.1 Å². The summed E-state index contributed by atoms with van der Waals surface area (Å²) in [6.45, 7) is 5.47. The van der Waals surface area contributed by atoms with Crippen LogP contribution in [0.25, 0.3) is 5.69 Å². The number of benzene rings is 2. The first kappa shape index (κ1) is 28.1. The van der Waals surface area contributed by atoms with E-state index >= 15 is 0 Å². The van der Waals surface area contributed by atoms with Crippen molar-refractivity contribution in [3.8, 4) is 11.4 Å². The van der Waals surface area contributed by atoms with E-state index in [4.69, 9.17) is 10.5 Å². The number of hydrogen-bond acceptors (Lipinski definition) is 7. The van der Waals surface area contributed by atoms with Crippen LogP contribution in [0, 0.1) is 24.0 Å². The summed E-state index contributed by atoms with van der Waals surface area (Å²) in [5.74, 6) is -2.28. The van der Waals surface area contributed by atoms with E-state index in [1.165, 1.54) is 29.5 Å². The molecule has 0 aliphatic heterocycles. The van der Waals surface area contributed by atoms with Crippen molar-refractivity contribution in [1.29, 1.82) is 0 Å². The molecule has 0 saturated carbocycles. The van der Waals surface area contributed by atoms with Crippen molar-refractivity contribution < 1.29 is 28.2 Å². The standard InChI is InChI=1S/C29H30F2N6O4/c1-17-26-23(12-28(2,3)13-24(26)38)37(35-17)19-5-6-20(27(32)39)25(11-19)41-9-8-29(40,14-36-16-33-15-34-36)21-7-4-18(30)10-22(21)31/h4-7,10-11,15-16,40H,8-9,12-14H2,1-3H3,(H2,32,39). The van der Waals surface area contributed by atoms with Crippen LogP contribution in [-0.4, -0.2) is 47.9 Å². The van der Waals surface area contributed by atoms with E-state index in [2.05, 4.69) is 15.2 Å². The van der Waals surface area contributed by atoms with Gasteiger partial charge in [-0.25, -0.2) is 23.1 Å². The van der Waals surface area contributed by atoms with Gasteiger partial charge in [-0.1, -0.05) is 19.9 Å². The molecule has 41 heavy (non-hydrogen) atoms. The molecule has 1 aliphatic rings. The summed E-state index contributed by atoms with van der Waals surface area (Å²) < 4.78 is 37.4. The predicted molar refractivity (Wildman–Crippen MR) is 144 cm³/mol. The van der Waals surface area contributed by atoms with Gasteiger partial charge in [-0.05, 0) is 37.0 Å². The first-order valence-electron chi connectivity index (χ1n) is 13.1. The molecule has 2 aromatic heterocycles. The Balaban J connectivity index is 1.46. The van der Waals surface area contributed by atoms with Crippen LogP contribution < -0.4 is 10.5 Å². The molecule has 0 spiro atoms. The molecule has 0 saturated heterocycles. The molecule has 4 aromatic rings. The Morgan fingerprint density at radius 1 is 1.20 bits per heavy atom. The summed E-state index contributed by atoms with van der Waals surface area (Å²) in [5.41, 5.74) is 5.99. The van der Waals surface area contributed by atoms with Gasteiger partial charge in [0.25, 0.3) is 5.91 Å². The third kappa shape index (κ3) is 5.60. The number of aliphatic hydroxyl groups is 1. The Bertz CT molecular complexity index is 1630. The molecule has 2 heterocycles. The molecule has 1 amide bonds. The molecule has 12 heteroatoms. The van der Waals surface area contributed by atoms with Gasteiger partial charge in [0.1, 0.15) is 35.6 Å². The van der Waals surface area contributed by atoms with Gasteiger partial charge in [0.15, 0.2) is 5.78 Å². The lowest BCUT2D eigenvalue weighted by Gasteiger charge is -2.29. The Morgan fingerprint density at radius 3 is 2.66 bits per heavy atom. The highest BCUT2D eigenvalue weighted by molar-refractivity contribution is 6.00. The van der Waals surface area contributed by atoms with E-state index in [0.29, 0.717) is 35.9 Å². The summed E-state index contributed by atoms with van der Waals surface area (Å²) in [6.07, 6.45) is 3.53. The number of amides is 1. The zero-order valence-corrected chi connectivity index (χ0v) is 22.9. The normalized spacial score (nSPS) is 15.8. The molecular formula is C29H30F2N6O4. The molecule has 0 radical (unpaired) electrons. The second kappa shape index (κ2) is 10.5. The van der Waals surface area contributed by atoms with Crippen LogP contribution in [0.15, 0.2) is 49.1 Å². The fraction of sp³-hybridized carbons (Fsp3) is 0.345. The minimum atomic E-state index is -1.86. The number of ketones is 1. The minimum absolute atomic E-state index is 0.0323. The van der Waals surface area contributed by atoms with Gasteiger partial charge >= 0.3 is 0 Å². The number of carbonyl (C=O) groups excluding carboxylic acids is 2. The van der Waals surface area contributed by atoms with Gasteiger partial charge in [0, 0.05) is 30.5 Å².